The summed E-state index contributed by atoms with van der Waals surface area (Å²) in [6.45, 7) is 15.4. The molecule has 0 aromatic carbocycles. The summed E-state index contributed by atoms with van der Waals surface area (Å²) < 4.78 is 47.7. The van der Waals surface area contributed by atoms with E-state index in [0.29, 0.717) is 53.4 Å². The van der Waals surface area contributed by atoms with Crippen molar-refractivity contribution in [2.45, 2.75) is 152 Å². The van der Waals surface area contributed by atoms with Gasteiger partial charge in [-0.05, 0) is 60.8 Å². The summed E-state index contributed by atoms with van der Waals surface area (Å²) in [5.41, 5.74) is 7.38. The van der Waals surface area contributed by atoms with Gasteiger partial charge in [0.1, 0.15) is 43.3 Å². The highest BCUT2D eigenvalue weighted by atomic mass is 35.5. The molecule has 0 spiro atoms. The van der Waals surface area contributed by atoms with Crippen LogP contribution in [0.15, 0.2) is 10.3 Å². The Labute approximate surface area is 373 Å². The van der Waals surface area contributed by atoms with Crippen LogP contribution in [0, 0.1) is 0 Å². The van der Waals surface area contributed by atoms with Gasteiger partial charge in [-0.3, -0.25) is 0 Å². The van der Waals surface area contributed by atoms with Crippen LogP contribution < -0.4 is 11.1 Å². The Morgan fingerprint density at radius 3 is 1.89 bits per heavy atom. The molecular weight excluding hydrogens is 878 g/mol. The number of esters is 2. The standard InChI is InChI=1S/C19H26ClN5O5S.C19H29ClN4O5S/c1-5-7-31-18-21-16(20)13-17(22-18)25(24-23-13)10-8-11(28-9-12(26)27-6-2)15-14(10)29-19(3,4)30-15;1-5-7-30-18-23-16(20)13(21)17(24-18)22-10-8-11(27-9-12(25)26-6-2)15-14(10)28-19(3,4)29-15/h10-11,14-15H,5-9H2,1-4H3;10-11,14-15H,5-9,21H2,1-4H3,(H,22,23,24)/t2*10?,11-,14-,15+/m00/s1. The van der Waals surface area contributed by atoms with Crippen molar-refractivity contribution in [3.8, 4) is 0 Å². The van der Waals surface area contributed by atoms with Crippen molar-refractivity contribution in [3.63, 3.8) is 0 Å². The summed E-state index contributed by atoms with van der Waals surface area (Å²) in [5.74, 6) is -0.160. The van der Waals surface area contributed by atoms with Crippen molar-refractivity contribution in [3.05, 3.63) is 10.3 Å². The van der Waals surface area contributed by atoms with E-state index >= 15 is 0 Å². The summed E-state index contributed by atoms with van der Waals surface area (Å²) >= 11 is 15.6. The SMILES string of the molecule is CCCSc1nc(Cl)c(N)c(NC2C[C@H](OCC(=O)OCC)[C@H]3OC(C)(C)O[C@@H]23)n1.CCCSc1nc(Cl)c2nnn(C3C[C@H](OCC(=O)OCC)[C@H]4OC(C)(C)O[C@@H]34)c2n1. The number of nitrogens with two attached hydrogens (primary N) is 1. The normalized spacial score (nSPS) is 27.0. The van der Waals surface area contributed by atoms with Crippen molar-refractivity contribution in [1.29, 1.82) is 0 Å². The second-order valence-corrected chi connectivity index (χ2v) is 18.3. The van der Waals surface area contributed by atoms with Gasteiger partial charge >= 0.3 is 11.9 Å². The van der Waals surface area contributed by atoms with Gasteiger partial charge < -0.3 is 48.9 Å². The van der Waals surface area contributed by atoms with Crippen LogP contribution in [0.5, 0.6) is 0 Å². The van der Waals surface area contributed by atoms with Crippen LogP contribution in [-0.4, -0.2) is 139 Å². The van der Waals surface area contributed by atoms with Crippen LogP contribution in [0.1, 0.15) is 87.1 Å². The van der Waals surface area contributed by atoms with Gasteiger partial charge in [-0.2, -0.15) is 0 Å². The fourth-order valence-electron chi connectivity index (χ4n) is 7.53. The predicted molar refractivity (Wildman–Crippen MR) is 228 cm³/mol. The van der Waals surface area contributed by atoms with Gasteiger partial charge in [-0.15, -0.1) is 5.10 Å². The number of hydrogen-bond donors (Lipinski definition) is 2. The first-order chi connectivity index (χ1) is 29.1. The van der Waals surface area contributed by atoms with Crippen LogP contribution in [0.2, 0.25) is 10.3 Å². The summed E-state index contributed by atoms with van der Waals surface area (Å²) in [7, 11) is 0. The van der Waals surface area contributed by atoms with Crippen molar-refractivity contribution in [1.82, 2.24) is 34.9 Å². The number of thioether (sulfide) groups is 2. The number of fused-ring (bicyclic) bond motifs is 3. The lowest BCUT2D eigenvalue weighted by molar-refractivity contribution is -0.174. The van der Waals surface area contributed by atoms with Crippen LogP contribution in [0.4, 0.5) is 11.5 Å². The maximum absolute atomic E-state index is 11.8. The number of nitrogens with one attached hydrogen (secondary N) is 1. The zero-order valence-corrected chi connectivity index (χ0v) is 38.7. The summed E-state index contributed by atoms with van der Waals surface area (Å²) in [5, 5.41) is 13.5. The second kappa shape index (κ2) is 20.8. The van der Waals surface area contributed by atoms with Gasteiger partial charge in [0.2, 0.25) is 0 Å². The quantitative estimate of drug-likeness (QED) is 0.0720. The van der Waals surface area contributed by atoms with Gasteiger partial charge in [-0.25, -0.2) is 34.2 Å². The summed E-state index contributed by atoms with van der Waals surface area (Å²) in [4.78, 5) is 41.2. The van der Waals surface area contributed by atoms with Crippen molar-refractivity contribution in [2.75, 3.05) is 49.0 Å². The minimum atomic E-state index is -0.787. The Bertz CT molecular complexity index is 2000. The first-order valence-corrected chi connectivity index (χ1v) is 23.2. The van der Waals surface area contributed by atoms with Gasteiger partial charge in [0, 0.05) is 17.9 Å². The molecule has 3 aromatic rings. The molecule has 8 atom stereocenters. The number of carbonyl (C=O) groups is 2. The zero-order valence-electron chi connectivity index (χ0n) is 35.6. The molecule has 4 aliphatic rings. The maximum atomic E-state index is 11.8. The molecule has 5 heterocycles. The number of halogens is 2. The molecule has 3 N–H and O–H groups in total. The van der Waals surface area contributed by atoms with Crippen molar-refractivity contribution in [2.24, 2.45) is 0 Å². The van der Waals surface area contributed by atoms with E-state index in [4.69, 9.17) is 66.8 Å². The predicted octanol–water partition coefficient (Wildman–Crippen LogP) is 5.66. The van der Waals surface area contributed by atoms with E-state index < -0.39 is 23.5 Å². The number of anilines is 2. The van der Waals surface area contributed by atoms with E-state index in [1.54, 1.807) is 18.5 Å². The topological polar surface area (TPSA) is 228 Å². The molecule has 3 aromatic heterocycles. The second-order valence-electron chi connectivity index (χ2n) is 15.5. The van der Waals surface area contributed by atoms with E-state index in [2.05, 4.69) is 49.4 Å². The number of ether oxygens (including phenoxy) is 8. The average molecular weight is 933 g/mol. The van der Waals surface area contributed by atoms with E-state index in [0.717, 1.165) is 24.3 Å². The van der Waals surface area contributed by atoms with Crippen LogP contribution in [-0.2, 0) is 47.5 Å². The molecule has 61 heavy (non-hydrogen) atoms. The van der Waals surface area contributed by atoms with E-state index in [-0.39, 0.29) is 77.9 Å². The van der Waals surface area contributed by atoms with E-state index in [1.165, 1.54) is 23.5 Å². The molecule has 2 unspecified atom stereocenters. The number of hydrogen-bond acceptors (Lipinski definition) is 20. The van der Waals surface area contributed by atoms with Crippen molar-refractivity contribution >= 4 is 81.3 Å². The largest absolute Gasteiger partial charge is 0.464 e. The molecule has 0 amide bonds. The fraction of sp³-hybridized carbons (Fsp3) is 0.737. The number of nitrogens with zero attached hydrogens (tertiary/aromatic N) is 7. The lowest BCUT2D eigenvalue weighted by Crippen LogP contribution is -2.35. The molecule has 2 saturated heterocycles. The molecule has 2 saturated carbocycles. The minimum absolute atomic E-state index is 0.141. The minimum Gasteiger partial charge on any atom is -0.464 e. The van der Waals surface area contributed by atoms with Gasteiger partial charge in [0.05, 0.1) is 37.5 Å². The highest BCUT2D eigenvalue weighted by Crippen LogP contribution is 2.46. The van der Waals surface area contributed by atoms with Crippen LogP contribution in [0.25, 0.3) is 11.2 Å². The smallest absolute Gasteiger partial charge is 0.332 e. The Morgan fingerprint density at radius 2 is 1.30 bits per heavy atom. The zero-order chi connectivity index (χ0) is 44.1. The molecule has 0 radical (unpaired) electrons. The highest BCUT2D eigenvalue weighted by Gasteiger charge is 2.57. The Morgan fingerprint density at radius 1 is 0.770 bits per heavy atom. The first kappa shape index (κ1) is 47.6. The first-order valence-electron chi connectivity index (χ1n) is 20.5. The summed E-state index contributed by atoms with van der Waals surface area (Å²) in [6.07, 6.45) is 1.00. The van der Waals surface area contributed by atoms with Crippen LogP contribution >= 0.6 is 46.7 Å². The third-order valence-corrected chi connectivity index (χ3v) is 12.5. The van der Waals surface area contributed by atoms with Crippen molar-refractivity contribution < 1.29 is 47.5 Å². The number of nitrogen functional groups attached to an aromatic ring is 1. The lowest BCUT2D eigenvalue weighted by atomic mass is 10.2. The Balaban J connectivity index is 0.000000204. The molecule has 4 fully saturated rings. The molecule has 23 heteroatoms. The van der Waals surface area contributed by atoms with E-state index in [1.807, 2.05) is 27.7 Å². The number of rotatable bonds is 17. The average Bonchev–Trinajstić information content (AvgIpc) is 4.00. The molecule has 338 valence electrons. The van der Waals surface area contributed by atoms with Gasteiger partial charge in [0.25, 0.3) is 0 Å². The van der Waals surface area contributed by atoms with Gasteiger partial charge in [0.15, 0.2) is 49.2 Å². The number of carbonyl (C=O) groups excluding carboxylic acids is 2. The Kier molecular flexibility index (Phi) is 16.2. The lowest BCUT2D eigenvalue weighted by Gasteiger charge is -2.24. The Hall–Kier alpha value is -2.86. The third-order valence-electron chi connectivity index (χ3n) is 9.88. The molecule has 7 rings (SSSR count). The molecular formula is C38H55Cl2N9O10S2. The molecule has 2 aliphatic carbocycles. The monoisotopic (exact) mass is 931 g/mol. The molecule has 19 nitrogen and oxygen atoms in total. The van der Waals surface area contributed by atoms with Gasteiger partial charge in [-0.1, -0.05) is 65.8 Å². The molecule has 0 bridgehead atoms. The summed E-state index contributed by atoms with van der Waals surface area (Å²) in [6, 6.07) is -0.444. The van der Waals surface area contributed by atoms with Crippen LogP contribution in [0.3, 0.4) is 0 Å². The van der Waals surface area contributed by atoms with E-state index in [9.17, 15) is 9.59 Å². The highest BCUT2D eigenvalue weighted by molar-refractivity contribution is 7.99. The maximum Gasteiger partial charge on any atom is 0.332 e. The number of aromatic nitrogens is 7. The fourth-order valence-corrected chi connectivity index (χ4v) is 9.39. The third kappa shape index (κ3) is 11.6. The molecule has 2 aliphatic heterocycles.